The molecule has 2 saturated heterocycles. The molecule has 2 N–H and O–H groups in total. The van der Waals surface area contributed by atoms with Crippen LogP contribution >= 0.6 is 0 Å². The molecule has 9 heteroatoms. The molecule has 3 aliphatic rings. The van der Waals surface area contributed by atoms with Gasteiger partial charge in [-0.25, -0.2) is 0 Å². The summed E-state index contributed by atoms with van der Waals surface area (Å²) in [6.07, 6.45) is 5.31. The number of rotatable bonds is 6. The Morgan fingerprint density at radius 3 is 2.61 bits per heavy atom. The molecule has 176 valence electrons. The number of hydrogen-bond acceptors (Lipinski definition) is 6. The molecule has 0 saturated carbocycles. The number of hydrogen-bond donors (Lipinski definition) is 2. The van der Waals surface area contributed by atoms with Crippen molar-refractivity contribution in [2.24, 2.45) is 0 Å². The van der Waals surface area contributed by atoms with Crippen molar-refractivity contribution in [3.8, 4) is 0 Å². The number of nitrogens with one attached hydrogen (secondary N) is 2. The summed E-state index contributed by atoms with van der Waals surface area (Å²) in [5, 5.41) is 5.68. The minimum absolute atomic E-state index is 0.0268. The number of nitrogens with zero attached hydrogens (tertiary/aromatic N) is 1. The number of carbonyl (C=O) groups excluding carboxylic acids is 4. The smallest absolute Gasteiger partial charge is 0.310 e. The summed E-state index contributed by atoms with van der Waals surface area (Å²) in [5.74, 6) is -1.37. The summed E-state index contributed by atoms with van der Waals surface area (Å²) in [7, 11) is 0. The monoisotopic (exact) mass is 455 g/mol. The highest BCUT2D eigenvalue weighted by molar-refractivity contribution is 5.98. The van der Waals surface area contributed by atoms with Gasteiger partial charge in [-0.2, -0.15) is 0 Å². The molecule has 2 unspecified atom stereocenters. The van der Waals surface area contributed by atoms with Gasteiger partial charge in [-0.3, -0.25) is 19.2 Å². The zero-order valence-electron chi connectivity index (χ0n) is 18.6. The Kier molecular flexibility index (Phi) is 7.08. The van der Waals surface area contributed by atoms with Gasteiger partial charge in [0.25, 0.3) is 5.91 Å². The van der Waals surface area contributed by atoms with Crippen LogP contribution in [0.3, 0.4) is 0 Å². The van der Waals surface area contributed by atoms with Crippen molar-refractivity contribution in [2.75, 3.05) is 6.61 Å². The van der Waals surface area contributed by atoms with Crippen molar-refractivity contribution in [3.63, 3.8) is 0 Å². The SMILES string of the molecule is CCOC1OC(=O)CC1NC(=O)[C@@H]1CC[C@H]2CC=CC[C@H](NC(=O)c3ccccc3)C(=O)N21. The number of esters is 1. The second-order valence-corrected chi connectivity index (χ2v) is 8.46. The number of fused-ring (bicyclic) bond motifs is 1. The van der Waals surface area contributed by atoms with Crippen LogP contribution in [0, 0.1) is 0 Å². The summed E-state index contributed by atoms with van der Waals surface area (Å²) in [4.78, 5) is 52.7. The lowest BCUT2D eigenvalue weighted by Gasteiger charge is -2.34. The lowest BCUT2D eigenvalue weighted by atomic mass is 10.0. The topological polar surface area (TPSA) is 114 Å². The van der Waals surface area contributed by atoms with Crippen LogP contribution in [-0.2, 0) is 23.9 Å². The predicted molar refractivity (Wildman–Crippen MR) is 118 cm³/mol. The van der Waals surface area contributed by atoms with Gasteiger partial charge in [-0.05, 0) is 44.7 Å². The van der Waals surface area contributed by atoms with Crippen LogP contribution in [0.5, 0.6) is 0 Å². The van der Waals surface area contributed by atoms with Crippen LogP contribution in [0.2, 0.25) is 0 Å². The number of benzene rings is 1. The molecule has 0 spiro atoms. The van der Waals surface area contributed by atoms with E-state index in [1.807, 2.05) is 18.2 Å². The summed E-state index contributed by atoms with van der Waals surface area (Å²) in [6.45, 7) is 2.12. The van der Waals surface area contributed by atoms with Crippen LogP contribution in [-0.4, -0.2) is 65.7 Å². The predicted octanol–water partition coefficient (Wildman–Crippen LogP) is 1.29. The Bertz CT molecular complexity index is 933. The Morgan fingerprint density at radius 2 is 1.85 bits per heavy atom. The first-order chi connectivity index (χ1) is 16.0. The molecule has 9 nitrogen and oxygen atoms in total. The van der Waals surface area contributed by atoms with Crippen molar-refractivity contribution in [1.29, 1.82) is 0 Å². The van der Waals surface area contributed by atoms with E-state index in [1.54, 1.807) is 36.1 Å². The fourth-order valence-electron chi connectivity index (χ4n) is 4.67. The van der Waals surface area contributed by atoms with E-state index in [0.717, 1.165) is 0 Å². The molecule has 0 aromatic heterocycles. The normalized spacial score (nSPS) is 29.1. The van der Waals surface area contributed by atoms with Gasteiger partial charge in [-0.15, -0.1) is 0 Å². The van der Waals surface area contributed by atoms with Gasteiger partial charge in [0.2, 0.25) is 18.1 Å². The number of ether oxygens (including phenoxy) is 2. The molecule has 4 rings (SSSR count). The third-order valence-electron chi connectivity index (χ3n) is 6.27. The molecule has 2 fully saturated rings. The first-order valence-corrected chi connectivity index (χ1v) is 11.4. The summed E-state index contributed by atoms with van der Waals surface area (Å²) >= 11 is 0. The van der Waals surface area contributed by atoms with Gasteiger partial charge in [0.05, 0.1) is 6.42 Å². The molecular formula is C24H29N3O6. The van der Waals surface area contributed by atoms with Crippen molar-refractivity contribution in [3.05, 3.63) is 48.0 Å². The number of carbonyl (C=O) groups is 4. The molecule has 3 heterocycles. The largest absolute Gasteiger partial charge is 0.433 e. The van der Waals surface area contributed by atoms with E-state index in [4.69, 9.17) is 9.47 Å². The minimum atomic E-state index is -0.826. The average molecular weight is 456 g/mol. The van der Waals surface area contributed by atoms with E-state index in [9.17, 15) is 19.2 Å². The maximum atomic E-state index is 13.5. The van der Waals surface area contributed by atoms with Gasteiger partial charge < -0.3 is 25.0 Å². The van der Waals surface area contributed by atoms with Gasteiger partial charge in [0, 0.05) is 18.2 Å². The lowest BCUT2D eigenvalue weighted by molar-refractivity contribution is -0.164. The Morgan fingerprint density at radius 1 is 1.09 bits per heavy atom. The van der Waals surface area contributed by atoms with Gasteiger partial charge in [0.1, 0.15) is 18.1 Å². The van der Waals surface area contributed by atoms with E-state index in [0.29, 0.717) is 37.9 Å². The highest BCUT2D eigenvalue weighted by Gasteiger charge is 2.45. The zero-order valence-corrected chi connectivity index (χ0v) is 18.6. The standard InChI is InChI=1S/C24H29N3O6/c1-2-32-24-18(14-20(28)33-24)26-22(30)19-13-12-16-10-6-7-11-17(23(31)27(16)19)25-21(29)15-8-4-3-5-9-15/h3-9,16-19,24H,2,10-14H2,1H3,(H,25,29)(H,26,30)/t16-,17+,18?,19+,24?/m1/s1. The van der Waals surface area contributed by atoms with Gasteiger partial charge >= 0.3 is 5.97 Å². The molecular weight excluding hydrogens is 426 g/mol. The summed E-state index contributed by atoms with van der Waals surface area (Å²) in [6, 6.07) is 6.56. The van der Waals surface area contributed by atoms with E-state index in [2.05, 4.69) is 10.6 Å². The molecule has 3 amide bonds. The molecule has 1 aromatic rings. The quantitative estimate of drug-likeness (QED) is 0.494. The van der Waals surface area contributed by atoms with Crippen LogP contribution in [0.25, 0.3) is 0 Å². The third-order valence-corrected chi connectivity index (χ3v) is 6.27. The van der Waals surface area contributed by atoms with Crippen molar-refractivity contribution in [1.82, 2.24) is 15.5 Å². The number of amides is 3. The Hall–Kier alpha value is -3.20. The number of cyclic esters (lactones) is 1. The zero-order chi connectivity index (χ0) is 23.4. The molecule has 1 aromatic carbocycles. The second kappa shape index (κ2) is 10.2. The molecule has 0 aliphatic carbocycles. The van der Waals surface area contributed by atoms with Crippen LogP contribution < -0.4 is 10.6 Å². The summed E-state index contributed by atoms with van der Waals surface area (Å²) < 4.78 is 10.6. The first-order valence-electron chi connectivity index (χ1n) is 11.4. The minimum Gasteiger partial charge on any atom is -0.433 e. The fourth-order valence-corrected chi connectivity index (χ4v) is 4.67. The first kappa shape index (κ1) is 23.0. The van der Waals surface area contributed by atoms with E-state index in [-0.39, 0.29) is 30.2 Å². The molecule has 0 bridgehead atoms. The maximum absolute atomic E-state index is 13.5. The molecule has 33 heavy (non-hydrogen) atoms. The van der Waals surface area contributed by atoms with E-state index < -0.39 is 30.4 Å². The maximum Gasteiger partial charge on any atom is 0.310 e. The highest BCUT2D eigenvalue weighted by atomic mass is 16.7. The van der Waals surface area contributed by atoms with E-state index >= 15 is 0 Å². The Labute approximate surface area is 192 Å². The molecule has 5 atom stereocenters. The second-order valence-electron chi connectivity index (χ2n) is 8.46. The van der Waals surface area contributed by atoms with Gasteiger partial charge in [0.15, 0.2) is 0 Å². The fraction of sp³-hybridized carbons (Fsp3) is 0.500. The van der Waals surface area contributed by atoms with Crippen LogP contribution in [0.1, 0.15) is 49.4 Å². The summed E-state index contributed by atoms with van der Waals surface area (Å²) in [5.41, 5.74) is 0.469. The van der Waals surface area contributed by atoms with Gasteiger partial charge in [-0.1, -0.05) is 30.4 Å². The Balaban J connectivity index is 1.48. The van der Waals surface area contributed by atoms with Crippen LogP contribution in [0.4, 0.5) is 0 Å². The highest BCUT2D eigenvalue weighted by Crippen LogP contribution is 2.30. The lowest BCUT2D eigenvalue weighted by Crippen LogP contribution is -2.57. The van der Waals surface area contributed by atoms with E-state index in [1.165, 1.54) is 0 Å². The van der Waals surface area contributed by atoms with Crippen molar-refractivity contribution in [2.45, 2.75) is 69.5 Å². The van der Waals surface area contributed by atoms with Crippen LogP contribution in [0.15, 0.2) is 42.5 Å². The average Bonchev–Trinajstić information content (AvgIpc) is 3.37. The molecule has 0 radical (unpaired) electrons. The van der Waals surface area contributed by atoms with Crippen molar-refractivity contribution < 1.29 is 28.7 Å². The third kappa shape index (κ3) is 5.08. The molecule has 3 aliphatic heterocycles. The van der Waals surface area contributed by atoms with Crippen molar-refractivity contribution >= 4 is 23.7 Å².